The number of rotatable bonds is 4. The van der Waals surface area contributed by atoms with E-state index in [1.54, 1.807) is 31.2 Å². The summed E-state index contributed by atoms with van der Waals surface area (Å²) in [6.45, 7) is 1.76. The standard InChI is InChI=1S/C12H11BrClNO3S2/c1-7-5-11(19-12(7)14)20(16,17)15-10-6-8(18-2)3-4-9(10)13/h3-6,15H,1-2H3. The smallest absolute Gasteiger partial charge is 0.271 e. The van der Waals surface area contributed by atoms with E-state index in [9.17, 15) is 8.42 Å². The molecule has 0 atom stereocenters. The molecule has 0 saturated carbocycles. The number of thiophene rings is 1. The molecule has 0 amide bonds. The Morgan fingerprint density at radius 3 is 2.60 bits per heavy atom. The lowest BCUT2D eigenvalue weighted by atomic mass is 10.3. The average Bonchev–Trinajstić information content (AvgIpc) is 2.73. The fourth-order valence-electron chi connectivity index (χ4n) is 1.47. The molecule has 1 N–H and O–H groups in total. The van der Waals surface area contributed by atoms with Crippen molar-refractivity contribution in [2.75, 3.05) is 11.8 Å². The molecule has 20 heavy (non-hydrogen) atoms. The van der Waals surface area contributed by atoms with Crippen LogP contribution in [0.3, 0.4) is 0 Å². The van der Waals surface area contributed by atoms with Crippen LogP contribution in [-0.2, 0) is 10.0 Å². The van der Waals surface area contributed by atoms with Crippen LogP contribution in [0.15, 0.2) is 32.9 Å². The third-order valence-electron chi connectivity index (χ3n) is 2.52. The topological polar surface area (TPSA) is 55.4 Å². The van der Waals surface area contributed by atoms with Crippen molar-refractivity contribution < 1.29 is 13.2 Å². The van der Waals surface area contributed by atoms with Gasteiger partial charge in [0.15, 0.2) is 0 Å². The molecule has 1 aromatic carbocycles. The van der Waals surface area contributed by atoms with Gasteiger partial charge in [0.2, 0.25) is 0 Å². The Kier molecular flexibility index (Phi) is 4.63. The predicted octanol–water partition coefficient (Wildman–Crippen LogP) is 4.28. The molecular weight excluding hydrogens is 386 g/mol. The van der Waals surface area contributed by atoms with E-state index in [4.69, 9.17) is 16.3 Å². The van der Waals surface area contributed by atoms with Gasteiger partial charge < -0.3 is 4.74 Å². The van der Waals surface area contributed by atoms with Gasteiger partial charge in [-0.2, -0.15) is 0 Å². The van der Waals surface area contributed by atoms with Crippen molar-refractivity contribution in [1.29, 1.82) is 0 Å². The highest BCUT2D eigenvalue weighted by molar-refractivity contribution is 9.10. The van der Waals surface area contributed by atoms with Crippen molar-refractivity contribution in [1.82, 2.24) is 0 Å². The molecule has 2 rings (SSSR count). The average molecular weight is 397 g/mol. The molecular formula is C12H11BrClNO3S2. The zero-order valence-electron chi connectivity index (χ0n) is 10.6. The Labute approximate surface area is 134 Å². The van der Waals surface area contributed by atoms with Gasteiger partial charge in [-0.15, -0.1) is 11.3 Å². The van der Waals surface area contributed by atoms with E-state index in [0.29, 0.717) is 20.2 Å². The van der Waals surface area contributed by atoms with Crippen LogP contribution in [0.5, 0.6) is 5.75 Å². The SMILES string of the molecule is COc1ccc(Br)c(NS(=O)(=O)c2cc(C)c(Cl)s2)c1. The molecule has 0 radical (unpaired) electrons. The molecule has 4 nitrogen and oxygen atoms in total. The first-order chi connectivity index (χ1) is 9.33. The molecule has 0 spiro atoms. The van der Waals surface area contributed by atoms with Crippen molar-refractivity contribution >= 4 is 54.6 Å². The van der Waals surface area contributed by atoms with E-state index in [1.165, 1.54) is 7.11 Å². The van der Waals surface area contributed by atoms with Gasteiger partial charge in [-0.3, -0.25) is 4.72 Å². The number of nitrogens with one attached hydrogen (secondary N) is 1. The van der Waals surface area contributed by atoms with Crippen LogP contribution in [0.1, 0.15) is 5.56 Å². The van der Waals surface area contributed by atoms with Crippen molar-refractivity contribution in [3.63, 3.8) is 0 Å². The lowest BCUT2D eigenvalue weighted by Gasteiger charge is -2.09. The number of hydrogen-bond donors (Lipinski definition) is 1. The quantitative estimate of drug-likeness (QED) is 0.839. The molecule has 0 unspecified atom stereocenters. The Balaban J connectivity index is 2.37. The number of methoxy groups -OCH3 is 1. The first kappa shape index (κ1) is 15.6. The minimum atomic E-state index is -3.66. The molecule has 0 fully saturated rings. The molecule has 2 aromatic rings. The number of ether oxygens (including phenoxy) is 1. The van der Waals surface area contributed by atoms with Gasteiger partial charge in [0.05, 0.1) is 17.1 Å². The predicted molar refractivity (Wildman–Crippen MR) is 85.6 cm³/mol. The van der Waals surface area contributed by atoms with Crippen LogP contribution in [0, 0.1) is 6.92 Å². The molecule has 0 saturated heterocycles. The van der Waals surface area contributed by atoms with E-state index in [2.05, 4.69) is 20.7 Å². The number of benzene rings is 1. The van der Waals surface area contributed by atoms with Crippen LogP contribution in [-0.4, -0.2) is 15.5 Å². The second kappa shape index (κ2) is 5.93. The van der Waals surface area contributed by atoms with Crippen molar-refractivity contribution in [2.24, 2.45) is 0 Å². The summed E-state index contributed by atoms with van der Waals surface area (Å²) in [5.41, 5.74) is 1.15. The van der Waals surface area contributed by atoms with Crippen LogP contribution in [0.25, 0.3) is 0 Å². The normalized spacial score (nSPS) is 11.4. The molecule has 0 aliphatic rings. The Morgan fingerprint density at radius 1 is 1.35 bits per heavy atom. The molecule has 1 heterocycles. The second-order valence-electron chi connectivity index (χ2n) is 3.97. The molecule has 108 valence electrons. The Morgan fingerprint density at radius 2 is 2.05 bits per heavy atom. The summed E-state index contributed by atoms with van der Waals surface area (Å²) in [6, 6.07) is 6.59. The summed E-state index contributed by atoms with van der Waals surface area (Å²) >= 11 is 10.2. The molecule has 0 aliphatic carbocycles. The minimum Gasteiger partial charge on any atom is -0.497 e. The maximum atomic E-state index is 12.3. The van der Waals surface area contributed by atoms with Crippen LogP contribution in [0.4, 0.5) is 5.69 Å². The van der Waals surface area contributed by atoms with Gasteiger partial charge in [-0.25, -0.2) is 8.42 Å². The number of halogens is 2. The summed E-state index contributed by atoms with van der Waals surface area (Å²) in [5.74, 6) is 0.561. The Bertz CT molecular complexity index is 724. The highest BCUT2D eigenvalue weighted by atomic mass is 79.9. The zero-order valence-corrected chi connectivity index (χ0v) is 14.6. The summed E-state index contributed by atoms with van der Waals surface area (Å²) in [5, 5.41) is 0. The first-order valence-corrected chi connectivity index (χ1v) is 8.93. The summed E-state index contributed by atoms with van der Waals surface area (Å²) in [6.07, 6.45) is 0. The van der Waals surface area contributed by atoms with E-state index in [-0.39, 0.29) is 4.21 Å². The second-order valence-corrected chi connectivity index (χ2v) is 8.39. The zero-order chi connectivity index (χ0) is 14.9. The highest BCUT2D eigenvalue weighted by Gasteiger charge is 2.19. The van der Waals surface area contributed by atoms with Gasteiger partial charge >= 0.3 is 0 Å². The third kappa shape index (κ3) is 3.28. The third-order valence-corrected chi connectivity index (χ3v) is 6.60. The number of sulfonamides is 1. The summed E-state index contributed by atoms with van der Waals surface area (Å²) in [4.78, 5) is 0. The van der Waals surface area contributed by atoms with E-state index in [1.807, 2.05) is 0 Å². The minimum absolute atomic E-state index is 0.176. The van der Waals surface area contributed by atoms with Gasteiger partial charge in [-0.05, 0) is 46.6 Å². The molecule has 0 bridgehead atoms. The lowest BCUT2D eigenvalue weighted by Crippen LogP contribution is -2.12. The van der Waals surface area contributed by atoms with Crippen molar-refractivity contribution in [3.05, 3.63) is 38.6 Å². The molecule has 1 aromatic heterocycles. The van der Waals surface area contributed by atoms with E-state index < -0.39 is 10.0 Å². The number of aryl methyl sites for hydroxylation is 1. The first-order valence-electron chi connectivity index (χ1n) is 5.46. The summed E-state index contributed by atoms with van der Waals surface area (Å²) < 4.78 is 33.5. The van der Waals surface area contributed by atoms with Crippen LogP contribution in [0.2, 0.25) is 4.34 Å². The van der Waals surface area contributed by atoms with Gasteiger partial charge in [-0.1, -0.05) is 11.6 Å². The van der Waals surface area contributed by atoms with Gasteiger partial charge in [0, 0.05) is 10.5 Å². The van der Waals surface area contributed by atoms with E-state index >= 15 is 0 Å². The fraction of sp³-hybridized carbons (Fsp3) is 0.167. The summed E-state index contributed by atoms with van der Waals surface area (Å²) in [7, 11) is -2.15. The van der Waals surface area contributed by atoms with Crippen molar-refractivity contribution in [2.45, 2.75) is 11.1 Å². The maximum absolute atomic E-state index is 12.3. The Hall–Kier alpha value is -0.760. The molecule has 0 aliphatic heterocycles. The largest absolute Gasteiger partial charge is 0.497 e. The fourth-order valence-corrected chi connectivity index (χ4v) is 4.72. The monoisotopic (exact) mass is 395 g/mol. The van der Waals surface area contributed by atoms with Crippen LogP contribution < -0.4 is 9.46 Å². The maximum Gasteiger partial charge on any atom is 0.271 e. The highest BCUT2D eigenvalue weighted by Crippen LogP contribution is 2.33. The lowest BCUT2D eigenvalue weighted by molar-refractivity contribution is 0.415. The number of hydrogen-bond acceptors (Lipinski definition) is 4. The molecule has 8 heteroatoms. The van der Waals surface area contributed by atoms with Crippen molar-refractivity contribution in [3.8, 4) is 5.75 Å². The van der Waals surface area contributed by atoms with Gasteiger partial charge in [0.1, 0.15) is 9.96 Å². The van der Waals surface area contributed by atoms with Gasteiger partial charge in [0.25, 0.3) is 10.0 Å². The van der Waals surface area contributed by atoms with E-state index in [0.717, 1.165) is 16.9 Å². The number of anilines is 1. The van der Waals surface area contributed by atoms with Crippen LogP contribution >= 0.6 is 38.9 Å².